The number of carboxylic acids is 1. The highest BCUT2D eigenvalue weighted by Gasteiger charge is 2.45. The molecular formula is C51H57N7O11. The van der Waals surface area contributed by atoms with Gasteiger partial charge in [0.25, 0.3) is 17.7 Å². The van der Waals surface area contributed by atoms with Crippen LogP contribution in [0.4, 0.5) is 0 Å². The van der Waals surface area contributed by atoms with E-state index in [4.69, 9.17) is 10.5 Å². The summed E-state index contributed by atoms with van der Waals surface area (Å²) in [6, 6.07) is 24.5. The molecule has 6 rings (SSSR count). The molecule has 1 heterocycles. The Morgan fingerprint density at radius 3 is 2.06 bits per heavy atom. The quantitative estimate of drug-likeness (QED) is 0.0590. The average molecular weight is 944 g/mol. The maximum Gasteiger partial charge on any atom is 0.336 e. The fourth-order valence-corrected chi connectivity index (χ4v) is 8.75. The van der Waals surface area contributed by atoms with Crippen LogP contribution in [0.25, 0.3) is 0 Å². The van der Waals surface area contributed by atoms with Crippen LogP contribution in [-0.4, -0.2) is 101 Å². The standard InChI is InChI=1S/C51H57N7O11/c1-2-15-39(44(60)49(65)54-29-41(59)56-42(45(52)61)32-16-6-3-7-17-32)55-48(64)40-26-31(28-53-46(62)34-20-14-23-36(27-34)69-35-21-10-5-11-22-35)30-58(40)50(66)43(33-18-8-4-9-19-33)57-47(63)37-24-12-13-25-38(37)51(67)68/h3,5-7,10-14,16-17,20-25,27,31,33,39-40,42-43H,2,4,8-9,15,18-19,26,28-30H2,1H3,(H2,52,61)(H,53,62)(H,54,65)(H,55,64)(H,56,59)(H,57,63)(H,67,68). The van der Waals surface area contributed by atoms with Gasteiger partial charge in [0.2, 0.25) is 29.4 Å². The van der Waals surface area contributed by atoms with Crippen molar-refractivity contribution in [2.45, 2.75) is 82.5 Å². The summed E-state index contributed by atoms with van der Waals surface area (Å²) < 4.78 is 5.91. The molecular weight excluding hydrogens is 887 g/mol. The molecule has 362 valence electrons. The van der Waals surface area contributed by atoms with E-state index in [-0.39, 0.29) is 43.0 Å². The molecule has 8 N–H and O–H groups in total. The average Bonchev–Trinajstić information content (AvgIpc) is 3.80. The molecule has 7 amide bonds. The summed E-state index contributed by atoms with van der Waals surface area (Å²) in [5.74, 6) is -7.67. The molecule has 4 aromatic rings. The third-order valence-electron chi connectivity index (χ3n) is 12.2. The highest BCUT2D eigenvalue weighted by molar-refractivity contribution is 6.38. The number of hydrogen-bond acceptors (Lipinski definition) is 10. The summed E-state index contributed by atoms with van der Waals surface area (Å²) in [7, 11) is 0. The van der Waals surface area contributed by atoms with Gasteiger partial charge < -0.3 is 47.1 Å². The normalized spacial score (nSPS) is 17.0. The van der Waals surface area contributed by atoms with Crippen LogP contribution in [0.2, 0.25) is 0 Å². The number of aromatic carboxylic acids is 1. The van der Waals surface area contributed by atoms with Crippen LogP contribution in [0, 0.1) is 11.8 Å². The Morgan fingerprint density at radius 2 is 1.39 bits per heavy atom. The van der Waals surface area contributed by atoms with Gasteiger partial charge in [-0.2, -0.15) is 0 Å². The van der Waals surface area contributed by atoms with Crippen molar-refractivity contribution in [2.75, 3.05) is 19.6 Å². The van der Waals surface area contributed by atoms with Crippen molar-refractivity contribution < 1.29 is 53.0 Å². The van der Waals surface area contributed by atoms with Crippen LogP contribution in [0.1, 0.15) is 101 Å². The number of amides is 7. The number of ether oxygens (including phenoxy) is 1. The molecule has 2 aliphatic rings. The van der Waals surface area contributed by atoms with Gasteiger partial charge in [0, 0.05) is 18.7 Å². The van der Waals surface area contributed by atoms with Crippen molar-refractivity contribution in [3.63, 3.8) is 0 Å². The van der Waals surface area contributed by atoms with E-state index in [1.807, 2.05) is 18.2 Å². The van der Waals surface area contributed by atoms with Crippen LogP contribution in [0.3, 0.4) is 0 Å². The second kappa shape index (κ2) is 24.2. The summed E-state index contributed by atoms with van der Waals surface area (Å²) in [5, 5.41) is 22.9. The Hall–Kier alpha value is -7.89. The molecule has 0 aromatic heterocycles. The van der Waals surface area contributed by atoms with Crippen LogP contribution in [0.5, 0.6) is 11.5 Å². The first-order chi connectivity index (χ1) is 33.2. The van der Waals surface area contributed by atoms with Gasteiger partial charge in [-0.05, 0) is 85.5 Å². The highest BCUT2D eigenvalue weighted by atomic mass is 16.5. The number of benzene rings is 4. The topological polar surface area (TPSA) is 272 Å². The number of nitrogens with two attached hydrogens (primary N) is 1. The largest absolute Gasteiger partial charge is 0.478 e. The lowest BCUT2D eigenvalue weighted by Gasteiger charge is -2.35. The summed E-state index contributed by atoms with van der Waals surface area (Å²) in [4.78, 5) is 122. The number of carboxylic acid groups (broad SMARTS) is 1. The molecule has 1 aliphatic heterocycles. The lowest BCUT2D eigenvalue weighted by Crippen LogP contribution is -2.58. The second-order valence-corrected chi connectivity index (χ2v) is 17.2. The van der Waals surface area contributed by atoms with Crippen molar-refractivity contribution in [1.29, 1.82) is 0 Å². The first-order valence-corrected chi connectivity index (χ1v) is 23.0. The third-order valence-corrected chi connectivity index (χ3v) is 12.2. The molecule has 5 unspecified atom stereocenters. The van der Waals surface area contributed by atoms with E-state index < -0.39 is 89.7 Å². The maximum absolute atomic E-state index is 15.0. The minimum atomic E-state index is -1.38. The molecule has 0 spiro atoms. The predicted octanol–water partition coefficient (Wildman–Crippen LogP) is 3.82. The summed E-state index contributed by atoms with van der Waals surface area (Å²) in [6.07, 6.45) is 3.98. The molecule has 1 saturated heterocycles. The number of carbonyl (C=O) groups excluding carboxylic acids is 8. The van der Waals surface area contributed by atoms with Gasteiger partial charge in [-0.1, -0.05) is 99.3 Å². The lowest BCUT2D eigenvalue weighted by molar-refractivity contribution is -0.143. The van der Waals surface area contributed by atoms with Gasteiger partial charge in [0.05, 0.1) is 23.7 Å². The van der Waals surface area contributed by atoms with E-state index in [2.05, 4.69) is 26.6 Å². The fraction of sp³-hybridized carbons (Fsp3) is 0.353. The first-order valence-electron chi connectivity index (χ1n) is 23.0. The van der Waals surface area contributed by atoms with Crippen LogP contribution >= 0.6 is 0 Å². The SMILES string of the molecule is CCCC(NC(=O)C1CC(CNC(=O)c2cccc(Oc3ccccc3)c2)CN1C(=O)C(NC(=O)c1ccccc1C(=O)O)C1CCCCC1)C(=O)C(=O)NCC(=O)NC(C(N)=O)c1ccccc1. The van der Waals surface area contributed by atoms with Gasteiger partial charge in [-0.3, -0.25) is 38.4 Å². The number of nitrogens with one attached hydrogen (secondary N) is 5. The number of rotatable bonds is 21. The van der Waals surface area contributed by atoms with Crippen LogP contribution in [-0.2, 0) is 28.8 Å². The van der Waals surface area contributed by atoms with Gasteiger partial charge >= 0.3 is 5.97 Å². The number of para-hydroxylation sites is 1. The van der Waals surface area contributed by atoms with Gasteiger partial charge in [-0.15, -0.1) is 0 Å². The molecule has 69 heavy (non-hydrogen) atoms. The Kier molecular flexibility index (Phi) is 17.7. The van der Waals surface area contributed by atoms with E-state index in [0.29, 0.717) is 41.9 Å². The number of carbonyl (C=O) groups is 9. The minimum Gasteiger partial charge on any atom is -0.478 e. The van der Waals surface area contributed by atoms with E-state index in [0.717, 1.165) is 19.3 Å². The summed E-state index contributed by atoms with van der Waals surface area (Å²) in [6.45, 7) is 1.02. The minimum absolute atomic E-state index is 0.0128. The van der Waals surface area contributed by atoms with Crippen molar-refractivity contribution in [3.8, 4) is 11.5 Å². The van der Waals surface area contributed by atoms with Gasteiger partial charge in [0.15, 0.2) is 0 Å². The van der Waals surface area contributed by atoms with E-state index in [1.54, 1.807) is 73.7 Å². The number of nitrogens with zero attached hydrogens (tertiary/aromatic N) is 1. The molecule has 0 radical (unpaired) electrons. The van der Waals surface area contributed by atoms with E-state index in [1.165, 1.54) is 29.2 Å². The molecule has 2 fully saturated rings. The monoisotopic (exact) mass is 943 g/mol. The zero-order chi connectivity index (χ0) is 49.5. The zero-order valence-corrected chi connectivity index (χ0v) is 38.2. The molecule has 18 nitrogen and oxygen atoms in total. The smallest absolute Gasteiger partial charge is 0.336 e. The van der Waals surface area contributed by atoms with Gasteiger partial charge in [-0.25, -0.2) is 4.79 Å². The number of primary amides is 1. The molecule has 1 aliphatic carbocycles. The van der Waals surface area contributed by atoms with E-state index in [9.17, 15) is 48.3 Å². The second-order valence-electron chi connectivity index (χ2n) is 17.2. The number of ketones is 1. The number of hydrogen-bond donors (Lipinski definition) is 7. The molecule has 1 saturated carbocycles. The number of Topliss-reactive ketones (excluding diaryl/α,β-unsaturated/α-hetero) is 1. The van der Waals surface area contributed by atoms with Gasteiger partial charge in [0.1, 0.15) is 29.6 Å². The Morgan fingerprint density at radius 1 is 0.739 bits per heavy atom. The Bertz CT molecular complexity index is 2520. The van der Waals surface area contributed by atoms with Crippen LogP contribution < -0.4 is 37.1 Å². The summed E-state index contributed by atoms with van der Waals surface area (Å²) in [5.41, 5.74) is 5.81. The highest BCUT2D eigenvalue weighted by Crippen LogP contribution is 2.32. The molecule has 5 atom stereocenters. The third kappa shape index (κ3) is 13.6. The lowest BCUT2D eigenvalue weighted by atomic mass is 9.83. The van der Waals surface area contributed by atoms with E-state index >= 15 is 0 Å². The molecule has 18 heteroatoms. The Labute approximate surface area is 399 Å². The predicted molar refractivity (Wildman–Crippen MR) is 252 cm³/mol. The van der Waals surface area contributed by atoms with Crippen LogP contribution in [0.15, 0.2) is 109 Å². The maximum atomic E-state index is 15.0. The summed E-state index contributed by atoms with van der Waals surface area (Å²) >= 11 is 0. The van der Waals surface area contributed by atoms with Crippen molar-refractivity contribution >= 4 is 53.1 Å². The van der Waals surface area contributed by atoms with Crippen molar-refractivity contribution in [1.82, 2.24) is 31.5 Å². The molecule has 0 bridgehead atoms. The Balaban J connectivity index is 1.20. The fourth-order valence-electron chi connectivity index (χ4n) is 8.75. The number of likely N-dealkylation sites (tertiary alicyclic amines) is 1. The van der Waals surface area contributed by atoms with Crippen molar-refractivity contribution in [2.24, 2.45) is 17.6 Å². The molecule has 4 aromatic carbocycles. The first kappa shape index (κ1) is 50.5. The van der Waals surface area contributed by atoms with Crippen molar-refractivity contribution in [3.05, 3.63) is 131 Å². The zero-order valence-electron chi connectivity index (χ0n) is 38.2.